The maximum Gasteiger partial charge on any atom is 0.159 e. The third-order valence-electron chi connectivity index (χ3n) is 10.8. The minimum absolute atomic E-state index is 0.919. The Morgan fingerprint density at radius 2 is 1.16 bits per heavy atom. The van der Waals surface area contributed by atoms with Gasteiger partial charge in [-0.05, 0) is 99.8 Å². The van der Waals surface area contributed by atoms with Crippen LogP contribution in [0.15, 0.2) is 168 Å². The Bertz CT molecular complexity index is 3040. The topological polar surface area (TPSA) is 21.3 Å². The van der Waals surface area contributed by atoms with E-state index >= 15 is 0 Å². The summed E-state index contributed by atoms with van der Waals surface area (Å²) in [6, 6.07) is 57.5. The van der Waals surface area contributed by atoms with Gasteiger partial charge in [-0.15, -0.1) is 0 Å². The summed E-state index contributed by atoms with van der Waals surface area (Å²) in [4.78, 5) is 2.39. The van der Waals surface area contributed by atoms with E-state index < -0.39 is 0 Å². The highest BCUT2D eigenvalue weighted by molar-refractivity contribution is 6.18. The van der Waals surface area contributed by atoms with E-state index in [0.717, 1.165) is 52.5 Å². The second-order valence-electron chi connectivity index (χ2n) is 13.6. The standard InChI is InChI=1S/C48H32N2O/c1-2-12-33(13-3-1)50-44-18-8-6-15-40(44)41-28-24-35(30-46(41)50)49(45-19-10-17-43-42-16-7-9-20-47(42)51-48(43)45)34-23-27-37-32(29-34)22-26-38-36-14-5-4-11-31(36)21-25-39(37)38/h1-6,8-15,17-30H,7,16H2. The fourth-order valence-electron chi connectivity index (χ4n) is 8.50. The fraction of sp³-hybridized carbons (Fsp3) is 0.0417. The van der Waals surface area contributed by atoms with Gasteiger partial charge in [0, 0.05) is 38.8 Å². The first-order chi connectivity index (χ1) is 25.3. The van der Waals surface area contributed by atoms with Gasteiger partial charge in [0.25, 0.3) is 0 Å². The van der Waals surface area contributed by atoms with Crippen LogP contribution in [0.5, 0.6) is 0 Å². The molecule has 0 amide bonds. The zero-order valence-electron chi connectivity index (χ0n) is 27.9. The number of rotatable bonds is 4. The predicted octanol–water partition coefficient (Wildman–Crippen LogP) is 13.4. The molecule has 0 aliphatic heterocycles. The van der Waals surface area contributed by atoms with Gasteiger partial charge in [0.2, 0.25) is 0 Å². The second kappa shape index (κ2) is 11.0. The molecule has 10 aromatic rings. The zero-order chi connectivity index (χ0) is 33.5. The van der Waals surface area contributed by atoms with Crippen LogP contribution in [0.1, 0.15) is 17.7 Å². The van der Waals surface area contributed by atoms with Crippen LogP contribution in [0.4, 0.5) is 17.1 Å². The van der Waals surface area contributed by atoms with Crippen molar-refractivity contribution >= 4 is 88.2 Å². The lowest BCUT2D eigenvalue weighted by atomic mass is 9.96. The summed E-state index contributed by atoms with van der Waals surface area (Å²) < 4.78 is 9.12. The first-order valence-corrected chi connectivity index (χ1v) is 17.7. The molecule has 0 spiro atoms. The highest BCUT2D eigenvalue weighted by Crippen LogP contribution is 2.45. The van der Waals surface area contributed by atoms with Gasteiger partial charge in [-0.2, -0.15) is 0 Å². The Morgan fingerprint density at radius 1 is 0.490 bits per heavy atom. The number of hydrogen-bond acceptors (Lipinski definition) is 2. The van der Waals surface area contributed by atoms with Crippen molar-refractivity contribution < 1.29 is 4.42 Å². The average Bonchev–Trinajstić information content (AvgIpc) is 3.74. The van der Waals surface area contributed by atoms with E-state index in [9.17, 15) is 0 Å². The summed E-state index contributed by atoms with van der Waals surface area (Å²) in [5, 5.41) is 11.2. The van der Waals surface area contributed by atoms with Crippen molar-refractivity contribution in [2.24, 2.45) is 0 Å². The van der Waals surface area contributed by atoms with Crippen LogP contribution in [-0.2, 0) is 6.42 Å². The van der Waals surface area contributed by atoms with E-state index in [1.807, 2.05) is 0 Å². The van der Waals surface area contributed by atoms with Gasteiger partial charge in [0.1, 0.15) is 5.76 Å². The van der Waals surface area contributed by atoms with Crippen molar-refractivity contribution in [1.82, 2.24) is 4.57 Å². The molecular weight excluding hydrogens is 621 g/mol. The van der Waals surface area contributed by atoms with E-state index in [1.54, 1.807) is 0 Å². The van der Waals surface area contributed by atoms with Crippen molar-refractivity contribution in [2.45, 2.75) is 12.8 Å². The molecule has 0 fully saturated rings. The molecular formula is C48H32N2O. The van der Waals surface area contributed by atoms with Gasteiger partial charge in [0.05, 0.1) is 16.7 Å². The van der Waals surface area contributed by atoms with Crippen molar-refractivity contribution in [3.8, 4) is 5.69 Å². The zero-order valence-corrected chi connectivity index (χ0v) is 27.9. The van der Waals surface area contributed by atoms with Crippen LogP contribution >= 0.6 is 0 Å². The predicted molar refractivity (Wildman–Crippen MR) is 215 cm³/mol. The minimum Gasteiger partial charge on any atom is -0.454 e. The maximum atomic E-state index is 6.73. The van der Waals surface area contributed by atoms with E-state index in [0.29, 0.717) is 0 Å². The quantitative estimate of drug-likeness (QED) is 0.176. The number of para-hydroxylation sites is 3. The highest BCUT2D eigenvalue weighted by Gasteiger charge is 2.23. The highest BCUT2D eigenvalue weighted by atomic mass is 16.3. The van der Waals surface area contributed by atoms with E-state index in [1.165, 1.54) is 59.6 Å². The van der Waals surface area contributed by atoms with Crippen LogP contribution in [-0.4, -0.2) is 4.57 Å². The number of hydrogen-bond donors (Lipinski definition) is 0. The molecule has 0 unspecified atom stereocenters. The molecule has 0 N–H and O–H groups in total. The molecule has 0 saturated heterocycles. The van der Waals surface area contributed by atoms with Crippen molar-refractivity contribution in [1.29, 1.82) is 0 Å². The van der Waals surface area contributed by atoms with Gasteiger partial charge < -0.3 is 13.9 Å². The summed E-state index contributed by atoms with van der Waals surface area (Å²) in [6.07, 6.45) is 6.38. The van der Waals surface area contributed by atoms with Gasteiger partial charge in [-0.25, -0.2) is 0 Å². The molecule has 240 valence electrons. The number of anilines is 3. The second-order valence-corrected chi connectivity index (χ2v) is 13.6. The maximum absolute atomic E-state index is 6.73. The van der Waals surface area contributed by atoms with Gasteiger partial charge in [-0.3, -0.25) is 0 Å². The summed E-state index contributed by atoms with van der Waals surface area (Å²) >= 11 is 0. The molecule has 2 heterocycles. The van der Waals surface area contributed by atoms with Crippen molar-refractivity contribution in [3.63, 3.8) is 0 Å². The monoisotopic (exact) mass is 652 g/mol. The molecule has 0 radical (unpaired) electrons. The summed E-state index contributed by atoms with van der Waals surface area (Å²) in [5.41, 5.74) is 8.91. The summed E-state index contributed by atoms with van der Waals surface area (Å²) in [7, 11) is 0. The number of fused-ring (bicyclic) bond motifs is 11. The summed E-state index contributed by atoms with van der Waals surface area (Å²) in [6.45, 7) is 0. The van der Waals surface area contributed by atoms with Crippen LogP contribution in [0.25, 0.3) is 76.9 Å². The third kappa shape index (κ3) is 4.25. The first kappa shape index (κ1) is 28.3. The van der Waals surface area contributed by atoms with E-state index in [4.69, 9.17) is 4.42 Å². The fourth-order valence-corrected chi connectivity index (χ4v) is 8.50. The lowest BCUT2D eigenvalue weighted by Crippen LogP contribution is -2.10. The molecule has 3 heteroatoms. The molecule has 0 saturated carbocycles. The largest absolute Gasteiger partial charge is 0.454 e. The molecule has 51 heavy (non-hydrogen) atoms. The van der Waals surface area contributed by atoms with E-state index in [-0.39, 0.29) is 0 Å². The van der Waals surface area contributed by atoms with E-state index in [2.05, 4.69) is 179 Å². The Balaban J connectivity index is 1.18. The number of aryl methyl sites for hydroxylation is 1. The molecule has 2 aromatic heterocycles. The number of aromatic nitrogens is 1. The lowest BCUT2D eigenvalue weighted by Gasteiger charge is -2.26. The van der Waals surface area contributed by atoms with Crippen LogP contribution in [0.3, 0.4) is 0 Å². The normalized spacial score (nSPS) is 12.9. The first-order valence-electron chi connectivity index (χ1n) is 17.7. The SMILES string of the molecule is C1=Cc2oc3c(N(c4ccc5c(ccc6c7ccccc7ccc56)c4)c4ccc5c6ccccc6n(-c6ccccc6)c5c4)cccc3c2CC1. The number of benzene rings is 8. The molecule has 3 nitrogen and oxygen atoms in total. The molecule has 1 aliphatic carbocycles. The van der Waals surface area contributed by atoms with Crippen LogP contribution in [0, 0.1) is 0 Å². The third-order valence-corrected chi connectivity index (χ3v) is 10.8. The molecule has 0 atom stereocenters. The smallest absolute Gasteiger partial charge is 0.159 e. The minimum atomic E-state index is 0.919. The Hall–Kier alpha value is -6.58. The van der Waals surface area contributed by atoms with Crippen molar-refractivity contribution in [2.75, 3.05) is 4.90 Å². The average molecular weight is 653 g/mol. The Labute approximate surface area is 294 Å². The lowest BCUT2D eigenvalue weighted by molar-refractivity contribution is 0.596. The number of allylic oxidation sites excluding steroid dienone is 1. The number of furan rings is 1. The van der Waals surface area contributed by atoms with Crippen LogP contribution in [0.2, 0.25) is 0 Å². The summed E-state index contributed by atoms with van der Waals surface area (Å²) in [5.74, 6) is 0.973. The Morgan fingerprint density at radius 3 is 2.04 bits per heavy atom. The van der Waals surface area contributed by atoms with Crippen LogP contribution < -0.4 is 4.90 Å². The Kier molecular flexibility index (Phi) is 6.08. The van der Waals surface area contributed by atoms with Gasteiger partial charge in [-0.1, -0.05) is 115 Å². The van der Waals surface area contributed by atoms with Gasteiger partial charge >= 0.3 is 0 Å². The molecule has 11 rings (SSSR count). The molecule has 1 aliphatic rings. The number of nitrogens with zero attached hydrogens (tertiary/aromatic N) is 2. The van der Waals surface area contributed by atoms with Crippen molar-refractivity contribution in [3.05, 3.63) is 175 Å². The molecule has 0 bridgehead atoms. The van der Waals surface area contributed by atoms with Gasteiger partial charge in [0.15, 0.2) is 5.58 Å². The molecule has 8 aromatic carbocycles.